The fourth-order valence-corrected chi connectivity index (χ4v) is 4.59. The highest BCUT2D eigenvalue weighted by atomic mass is 16.5. The van der Waals surface area contributed by atoms with Gasteiger partial charge in [0, 0.05) is 24.8 Å². The molecule has 0 aliphatic carbocycles. The fraction of sp³-hybridized carbons (Fsp3) is 0.286. The van der Waals surface area contributed by atoms with Gasteiger partial charge in [-0.15, -0.1) is 0 Å². The minimum atomic E-state index is -0.287. The molecule has 2 aliphatic rings. The van der Waals surface area contributed by atoms with Gasteiger partial charge in [-0.25, -0.2) is 4.79 Å². The molecule has 6 heteroatoms. The van der Waals surface area contributed by atoms with E-state index in [4.69, 9.17) is 14.2 Å². The van der Waals surface area contributed by atoms with Crippen LogP contribution in [0.2, 0.25) is 0 Å². The number of ether oxygens (including phenoxy) is 3. The zero-order valence-corrected chi connectivity index (χ0v) is 19.2. The van der Waals surface area contributed by atoms with Gasteiger partial charge in [0.1, 0.15) is 19.0 Å². The summed E-state index contributed by atoms with van der Waals surface area (Å²) in [6.07, 6.45) is 6.54. The molecule has 3 aromatic rings. The molecule has 1 aromatic heterocycles. The van der Waals surface area contributed by atoms with Crippen molar-refractivity contribution in [1.29, 1.82) is 0 Å². The number of allylic oxidation sites excluding steroid dienone is 1. The summed E-state index contributed by atoms with van der Waals surface area (Å²) in [4.78, 5) is 16.8. The van der Waals surface area contributed by atoms with Crippen LogP contribution in [0, 0.1) is 0 Å². The maximum absolute atomic E-state index is 12.6. The monoisotopic (exact) mass is 456 g/mol. The first-order valence-corrected chi connectivity index (χ1v) is 11.6. The second kappa shape index (κ2) is 9.69. The second-order valence-corrected chi connectivity index (χ2v) is 8.61. The van der Waals surface area contributed by atoms with E-state index in [-0.39, 0.29) is 11.8 Å². The Labute approximate surface area is 198 Å². The van der Waals surface area contributed by atoms with Crippen LogP contribution in [-0.4, -0.2) is 28.9 Å². The third-order valence-corrected chi connectivity index (χ3v) is 6.35. The molecule has 0 amide bonds. The molecule has 1 unspecified atom stereocenters. The van der Waals surface area contributed by atoms with Crippen LogP contribution in [0.15, 0.2) is 59.9 Å². The predicted octanol–water partition coefficient (Wildman–Crippen LogP) is 2.98. The summed E-state index contributed by atoms with van der Waals surface area (Å²) in [6, 6.07) is 13.9. The second-order valence-electron chi connectivity index (χ2n) is 8.61. The number of hydrogen-bond donors (Lipinski definition) is 0. The van der Waals surface area contributed by atoms with E-state index in [1.54, 1.807) is 10.6 Å². The highest BCUT2D eigenvalue weighted by molar-refractivity contribution is 5.67. The molecule has 3 heterocycles. The van der Waals surface area contributed by atoms with Gasteiger partial charge in [-0.05, 0) is 59.0 Å². The van der Waals surface area contributed by atoms with Crippen LogP contribution in [0.1, 0.15) is 24.0 Å². The molecular weight excluding hydrogens is 428 g/mol. The van der Waals surface area contributed by atoms with Gasteiger partial charge in [0.2, 0.25) is 5.88 Å². The van der Waals surface area contributed by atoms with Crippen molar-refractivity contribution in [3.8, 4) is 22.9 Å². The lowest BCUT2D eigenvalue weighted by Gasteiger charge is -2.22. The smallest absolute Gasteiger partial charge is 0.351 e. The van der Waals surface area contributed by atoms with E-state index < -0.39 is 0 Å². The lowest BCUT2D eigenvalue weighted by Crippen LogP contribution is -2.29. The standard InChI is InChI=1S/C28H28N2O4/c1-3-6-24-19(2)7-4-8-21(24)17-33-22-10-11-25-20(15-22)12-13-30-26(25)16-27(29-28(30)31)34-18-23-9-5-14-32-23/h3-4,6-8,10-11,15-16,23H,1-2,5,9,12-14,17-18H2/b24-6+. The lowest BCUT2D eigenvalue weighted by molar-refractivity contribution is 0.0661. The van der Waals surface area contributed by atoms with Crippen LogP contribution < -0.4 is 25.6 Å². The number of benzene rings is 2. The molecule has 0 bridgehead atoms. The van der Waals surface area contributed by atoms with Crippen LogP contribution in [0.3, 0.4) is 0 Å². The average molecular weight is 457 g/mol. The Morgan fingerprint density at radius 1 is 1.21 bits per heavy atom. The maximum Gasteiger partial charge on any atom is 0.351 e. The Hall–Kier alpha value is -3.64. The van der Waals surface area contributed by atoms with E-state index in [1.807, 2.05) is 42.5 Å². The van der Waals surface area contributed by atoms with Crippen molar-refractivity contribution in [2.24, 2.45) is 0 Å². The van der Waals surface area contributed by atoms with Gasteiger partial charge in [-0.1, -0.05) is 43.5 Å². The van der Waals surface area contributed by atoms with E-state index in [9.17, 15) is 4.79 Å². The quantitative estimate of drug-likeness (QED) is 0.547. The van der Waals surface area contributed by atoms with E-state index in [2.05, 4.69) is 24.2 Å². The Morgan fingerprint density at radius 2 is 2.12 bits per heavy atom. The summed E-state index contributed by atoms with van der Waals surface area (Å²) in [5.74, 6) is 1.14. The molecule has 1 saturated heterocycles. The zero-order valence-electron chi connectivity index (χ0n) is 19.2. The van der Waals surface area contributed by atoms with Crippen LogP contribution in [0.4, 0.5) is 0 Å². The maximum atomic E-state index is 12.6. The molecular formula is C28H28N2O4. The van der Waals surface area contributed by atoms with Crippen LogP contribution >= 0.6 is 0 Å². The molecule has 0 spiro atoms. The summed E-state index contributed by atoms with van der Waals surface area (Å²) in [7, 11) is 0. The van der Waals surface area contributed by atoms with Crippen LogP contribution in [-0.2, 0) is 24.3 Å². The summed E-state index contributed by atoms with van der Waals surface area (Å²) >= 11 is 0. The number of fused-ring (bicyclic) bond motifs is 3. The number of aromatic nitrogens is 2. The van der Waals surface area contributed by atoms with Crippen molar-refractivity contribution in [3.05, 3.63) is 87.2 Å². The van der Waals surface area contributed by atoms with E-state index in [0.717, 1.165) is 64.4 Å². The first-order valence-electron chi connectivity index (χ1n) is 11.6. The summed E-state index contributed by atoms with van der Waals surface area (Å²) in [5.41, 5.74) is 3.73. The van der Waals surface area contributed by atoms with Crippen LogP contribution in [0.5, 0.6) is 11.6 Å². The van der Waals surface area contributed by atoms with Crippen molar-refractivity contribution >= 4 is 12.7 Å². The zero-order chi connectivity index (χ0) is 23.5. The fourth-order valence-electron chi connectivity index (χ4n) is 4.59. The number of nitrogens with zero attached hydrogens (tertiary/aromatic N) is 2. The van der Waals surface area contributed by atoms with Gasteiger partial charge < -0.3 is 14.2 Å². The van der Waals surface area contributed by atoms with Crippen molar-refractivity contribution in [2.75, 3.05) is 13.2 Å². The SMILES string of the molecule is C=C/C=c1/c(COc2ccc3c(c2)CCn2c-3cc(OCC3CCCO3)nc2=O)cccc1=C. The molecule has 0 radical (unpaired) electrons. The Kier molecular flexibility index (Phi) is 6.32. The van der Waals surface area contributed by atoms with E-state index in [1.165, 1.54) is 0 Å². The normalized spacial score (nSPS) is 17.2. The van der Waals surface area contributed by atoms with Crippen LogP contribution in [0.25, 0.3) is 23.9 Å². The summed E-state index contributed by atoms with van der Waals surface area (Å²) in [5, 5.41) is 1.98. The topological polar surface area (TPSA) is 62.6 Å². The molecule has 6 nitrogen and oxygen atoms in total. The van der Waals surface area contributed by atoms with Gasteiger partial charge in [0.25, 0.3) is 0 Å². The van der Waals surface area contributed by atoms with Crippen molar-refractivity contribution in [2.45, 2.75) is 38.5 Å². The van der Waals surface area contributed by atoms with E-state index >= 15 is 0 Å². The number of hydrogen-bond acceptors (Lipinski definition) is 5. The molecule has 0 saturated carbocycles. The van der Waals surface area contributed by atoms with Gasteiger partial charge in [0.05, 0.1) is 11.8 Å². The molecule has 2 aliphatic heterocycles. The molecule has 34 heavy (non-hydrogen) atoms. The average Bonchev–Trinajstić information content (AvgIpc) is 3.37. The number of aryl methyl sites for hydroxylation is 1. The Bertz CT molecular complexity index is 1390. The first kappa shape index (κ1) is 22.2. The van der Waals surface area contributed by atoms with Crippen molar-refractivity contribution < 1.29 is 14.2 Å². The van der Waals surface area contributed by atoms with Crippen molar-refractivity contribution in [1.82, 2.24) is 9.55 Å². The molecule has 2 aromatic carbocycles. The highest BCUT2D eigenvalue weighted by Crippen LogP contribution is 2.32. The number of rotatable bonds is 7. The molecule has 1 atom stereocenters. The molecule has 5 rings (SSSR count). The van der Waals surface area contributed by atoms with Crippen molar-refractivity contribution in [3.63, 3.8) is 0 Å². The predicted molar refractivity (Wildman–Crippen MR) is 132 cm³/mol. The largest absolute Gasteiger partial charge is 0.489 e. The molecule has 1 fully saturated rings. The van der Waals surface area contributed by atoms with Gasteiger partial charge >= 0.3 is 5.69 Å². The molecule has 174 valence electrons. The first-order chi connectivity index (χ1) is 16.6. The highest BCUT2D eigenvalue weighted by Gasteiger charge is 2.21. The minimum Gasteiger partial charge on any atom is -0.489 e. The molecule has 0 N–H and O–H groups in total. The lowest BCUT2D eigenvalue weighted by atomic mass is 9.97. The van der Waals surface area contributed by atoms with Gasteiger partial charge in [-0.3, -0.25) is 4.57 Å². The van der Waals surface area contributed by atoms with Gasteiger partial charge in [-0.2, -0.15) is 4.98 Å². The summed E-state index contributed by atoms with van der Waals surface area (Å²) < 4.78 is 19.3. The minimum absolute atomic E-state index is 0.0707. The third-order valence-electron chi connectivity index (χ3n) is 6.35. The summed E-state index contributed by atoms with van der Waals surface area (Å²) in [6.45, 7) is 10.1. The Morgan fingerprint density at radius 3 is 2.94 bits per heavy atom. The van der Waals surface area contributed by atoms with Gasteiger partial charge in [0.15, 0.2) is 0 Å². The van der Waals surface area contributed by atoms with E-state index in [0.29, 0.717) is 25.6 Å². The third kappa shape index (κ3) is 4.54. The Balaban J connectivity index is 1.37.